The Morgan fingerprint density at radius 2 is 1.93 bits per heavy atom. The maximum atomic E-state index is 13.4. The van der Waals surface area contributed by atoms with Gasteiger partial charge in [-0.15, -0.1) is 11.3 Å². The van der Waals surface area contributed by atoms with E-state index in [0.717, 1.165) is 18.5 Å². The molecule has 0 amide bonds. The van der Waals surface area contributed by atoms with Gasteiger partial charge in [0.2, 0.25) is 5.01 Å². The fraction of sp³-hybridized carbons (Fsp3) is 0.400. The molecule has 1 aliphatic rings. The summed E-state index contributed by atoms with van der Waals surface area (Å²) in [6, 6.07) is -0.977. The summed E-state index contributed by atoms with van der Waals surface area (Å²) in [5.74, 6) is -2.20. The minimum absolute atomic E-state index is 0. The van der Waals surface area contributed by atoms with Gasteiger partial charge in [-0.2, -0.15) is 13.2 Å². The third kappa shape index (κ3) is 5.45. The van der Waals surface area contributed by atoms with E-state index < -0.39 is 36.1 Å². The van der Waals surface area contributed by atoms with Gasteiger partial charge in [0.1, 0.15) is 11.9 Å². The van der Waals surface area contributed by atoms with Crippen LogP contribution in [0.15, 0.2) is 18.5 Å². The summed E-state index contributed by atoms with van der Waals surface area (Å²) in [6.45, 7) is 0. The Bertz CT molecular complexity index is 826. The van der Waals surface area contributed by atoms with Crippen molar-refractivity contribution in [3.05, 3.63) is 29.0 Å². The predicted octanol–water partition coefficient (Wildman–Crippen LogP) is 4.21. The van der Waals surface area contributed by atoms with Gasteiger partial charge in [0.15, 0.2) is 0 Å². The summed E-state index contributed by atoms with van der Waals surface area (Å²) < 4.78 is 66.0. The average Bonchev–Trinajstić information content (AvgIpc) is 3.26. The summed E-state index contributed by atoms with van der Waals surface area (Å²) >= 11 is 0.680. The number of rotatable bonds is 6. The van der Waals surface area contributed by atoms with E-state index in [1.807, 2.05) is 0 Å². The molecule has 0 bridgehead atoms. The summed E-state index contributed by atoms with van der Waals surface area (Å²) in [5.41, 5.74) is -0.606. The molecule has 2 aromatic heterocycles. The second kappa shape index (κ2) is 8.78. The number of carboxylic acid groups (broad SMARTS) is 1. The SMILES string of the molecule is O=C(O)c1ncc(-c2cnc(N[C@@H](C3CC3)C(F)(F)F)cc2C(F)F)s1.[K]. The van der Waals surface area contributed by atoms with Crippen molar-refractivity contribution >= 4 is 74.5 Å². The number of carbonyl (C=O) groups is 1. The van der Waals surface area contributed by atoms with Crippen LogP contribution in [0.2, 0.25) is 0 Å². The minimum atomic E-state index is -4.51. The molecule has 1 fully saturated rings. The molecule has 3 rings (SSSR count). The third-order valence-electron chi connectivity index (χ3n) is 3.87. The van der Waals surface area contributed by atoms with Crippen LogP contribution >= 0.6 is 11.3 Å². The average molecular weight is 432 g/mol. The van der Waals surface area contributed by atoms with Crippen LogP contribution in [0.5, 0.6) is 0 Å². The number of nitrogens with zero attached hydrogens (tertiary/aromatic N) is 2. The molecule has 2 aromatic rings. The van der Waals surface area contributed by atoms with Crippen LogP contribution in [0.25, 0.3) is 10.4 Å². The first kappa shape index (κ1) is 22.6. The number of hydrogen-bond donors (Lipinski definition) is 2. The summed E-state index contributed by atoms with van der Waals surface area (Å²) in [6.07, 6.45) is -4.54. The number of thiazole rings is 1. The summed E-state index contributed by atoms with van der Waals surface area (Å²) in [7, 11) is 0. The number of hydrogen-bond acceptors (Lipinski definition) is 5. The molecule has 5 nitrogen and oxygen atoms in total. The molecule has 27 heavy (non-hydrogen) atoms. The van der Waals surface area contributed by atoms with Gasteiger partial charge in [0, 0.05) is 74.9 Å². The first-order valence-corrected chi connectivity index (χ1v) is 8.29. The Hall–Kier alpha value is -0.664. The van der Waals surface area contributed by atoms with Crippen molar-refractivity contribution in [2.75, 3.05) is 5.32 Å². The number of carboxylic acids is 1. The van der Waals surface area contributed by atoms with E-state index in [9.17, 15) is 26.7 Å². The van der Waals surface area contributed by atoms with E-state index in [0.29, 0.717) is 24.2 Å². The first-order chi connectivity index (χ1) is 12.2. The van der Waals surface area contributed by atoms with Crippen molar-refractivity contribution in [1.82, 2.24) is 9.97 Å². The summed E-state index contributed by atoms with van der Waals surface area (Å²) in [4.78, 5) is 18.4. The second-order valence-corrected chi connectivity index (χ2v) is 6.82. The normalized spacial score (nSPS) is 15.3. The fourth-order valence-electron chi connectivity index (χ4n) is 2.49. The number of halogens is 5. The van der Waals surface area contributed by atoms with Crippen LogP contribution in [0.4, 0.5) is 27.8 Å². The number of aromatic carboxylic acids is 1. The topological polar surface area (TPSA) is 75.1 Å². The van der Waals surface area contributed by atoms with Crippen molar-refractivity contribution < 1.29 is 31.9 Å². The van der Waals surface area contributed by atoms with Crippen molar-refractivity contribution in [2.24, 2.45) is 5.92 Å². The van der Waals surface area contributed by atoms with Crippen molar-refractivity contribution in [3.8, 4) is 10.4 Å². The van der Waals surface area contributed by atoms with Crippen LogP contribution < -0.4 is 5.32 Å². The van der Waals surface area contributed by atoms with Crippen LogP contribution in [0.3, 0.4) is 0 Å². The van der Waals surface area contributed by atoms with Gasteiger partial charge in [0.25, 0.3) is 6.43 Å². The van der Waals surface area contributed by atoms with Crippen molar-refractivity contribution in [1.29, 1.82) is 0 Å². The van der Waals surface area contributed by atoms with Gasteiger partial charge in [0.05, 0.1) is 4.88 Å². The molecule has 0 aliphatic heterocycles. The van der Waals surface area contributed by atoms with Gasteiger partial charge >= 0.3 is 12.1 Å². The van der Waals surface area contributed by atoms with E-state index >= 15 is 0 Å². The number of aromatic nitrogens is 2. The molecular formula is C15H12F5KN3O2S. The largest absolute Gasteiger partial charge is 0.476 e. The molecule has 1 saturated carbocycles. The quantitative estimate of drug-likeness (QED) is 0.528. The predicted molar refractivity (Wildman–Crippen MR) is 89.2 cm³/mol. The van der Waals surface area contributed by atoms with E-state index in [2.05, 4.69) is 15.3 Å². The van der Waals surface area contributed by atoms with Gasteiger partial charge in [-0.3, -0.25) is 0 Å². The van der Waals surface area contributed by atoms with E-state index in [-0.39, 0.29) is 72.7 Å². The zero-order valence-electron chi connectivity index (χ0n) is 13.9. The monoisotopic (exact) mass is 432 g/mol. The maximum absolute atomic E-state index is 13.4. The van der Waals surface area contributed by atoms with E-state index in [1.165, 1.54) is 0 Å². The summed E-state index contributed by atoms with van der Waals surface area (Å²) in [5, 5.41) is 10.8. The molecule has 0 unspecified atom stereocenters. The molecule has 0 aromatic carbocycles. The van der Waals surface area contributed by atoms with Crippen LogP contribution in [0.1, 0.15) is 34.6 Å². The number of alkyl halides is 5. The Labute approximate surface area is 196 Å². The Morgan fingerprint density at radius 1 is 1.26 bits per heavy atom. The number of pyridine rings is 1. The minimum Gasteiger partial charge on any atom is -0.476 e. The molecule has 2 N–H and O–H groups in total. The van der Waals surface area contributed by atoms with Crippen LogP contribution in [0, 0.1) is 5.92 Å². The number of anilines is 1. The standard InChI is InChI=1S/C15H12F5N3O2S.K/c16-12(17)7-3-10(23-11(6-1-2-6)15(18,19)20)21-4-8(7)9-5-22-13(26-9)14(24)25;/h3-6,11-12H,1-2H2,(H,21,23)(H,24,25);/t11-;/m0./s1. The molecule has 2 heterocycles. The first-order valence-electron chi connectivity index (χ1n) is 7.47. The Morgan fingerprint density at radius 3 is 2.41 bits per heavy atom. The molecule has 1 radical (unpaired) electrons. The van der Waals surface area contributed by atoms with Gasteiger partial charge in [-0.25, -0.2) is 23.5 Å². The van der Waals surface area contributed by atoms with Crippen molar-refractivity contribution in [2.45, 2.75) is 31.5 Å². The maximum Gasteiger partial charge on any atom is 0.408 e. The zero-order valence-corrected chi connectivity index (χ0v) is 17.9. The Kier molecular flexibility index (Phi) is 7.36. The molecule has 1 atom stereocenters. The van der Waals surface area contributed by atoms with Crippen LogP contribution in [-0.2, 0) is 0 Å². The molecule has 141 valence electrons. The number of nitrogens with one attached hydrogen (secondary N) is 1. The molecular weight excluding hydrogens is 420 g/mol. The van der Waals surface area contributed by atoms with Gasteiger partial charge < -0.3 is 10.4 Å². The fourth-order valence-corrected chi connectivity index (χ4v) is 3.28. The van der Waals surface area contributed by atoms with Crippen molar-refractivity contribution in [3.63, 3.8) is 0 Å². The molecule has 0 saturated heterocycles. The Balaban J connectivity index is 0.00000261. The second-order valence-electron chi connectivity index (χ2n) is 5.79. The van der Waals surface area contributed by atoms with E-state index in [1.54, 1.807) is 0 Å². The molecule has 12 heteroatoms. The molecule has 1 aliphatic carbocycles. The van der Waals surface area contributed by atoms with Crippen LogP contribution in [-0.4, -0.2) is 84.6 Å². The van der Waals surface area contributed by atoms with Gasteiger partial charge in [-0.1, -0.05) is 0 Å². The smallest absolute Gasteiger partial charge is 0.408 e. The molecule has 0 spiro atoms. The third-order valence-corrected chi connectivity index (χ3v) is 4.89. The zero-order chi connectivity index (χ0) is 19.1. The van der Waals surface area contributed by atoms with E-state index in [4.69, 9.17) is 5.11 Å². The van der Waals surface area contributed by atoms with Gasteiger partial charge in [-0.05, 0) is 24.8 Å².